The smallest absolute Gasteiger partial charge is 0.265 e. The molecule has 1 aromatic rings. The number of aryl methyl sites for hydroxylation is 2. The van der Waals surface area contributed by atoms with Gasteiger partial charge in [0.1, 0.15) is 11.0 Å². The summed E-state index contributed by atoms with van der Waals surface area (Å²) in [5, 5.41) is 2.79. The van der Waals surface area contributed by atoms with Gasteiger partial charge in [-0.2, -0.15) is 6.66 Å². The Balaban J connectivity index is 0.00000242. The standard InChI is InChI=1S/C17H25FNOP.Y/c1-6-21(4,5)17(8-7-9-17)16(20)19-15-12(2)10-14(18)11-13(15)3;/h10-11H,4,6-9H2,1-3,5H3,(H,19,20);. The molecule has 1 saturated carbocycles. The molecule has 119 valence electrons. The Labute approximate surface area is 159 Å². The van der Waals surface area contributed by atoms with Gasteiger partial charge in [-0.25, -0.2) is 4.39 Å². The Morgan fingerprint density at radius 3 is 2.23 bits per heavy atom. The maximum atomic E-state index is 13.4. The summed E-state index contributed by atoms with van der Waals surface area (Å²) in [6.07, 6.45) is 3.93. The first-order valence-electron chi connectivity index (χ1n) is 7.52. The van der Waals surface area contributed by atoms with Crippen LogP contribution in [0.4, 0.5) is 10.1 Å². The van der Waals surface area contributed by atoms with Gasteiger partial charge in [0.2, 0.25) is 0 Å². The van der Waals surface area contributed by atoms with E-state index in [4.69, 9.17) is 0 Å². The van der Waals surface area contributed by atoms with E-state index < -0.39 is 7.26 Å². The zero-order chi connectivity index (χ0) is 15.8. The molecule has 0 aromatic heterocycles. The minimum Gasteiger partial charge on any atom is -0.322 e. The molecular weight excluding hydrogens is 373 g/mol. The van der Waals surface area contributed by atoms with Crippen LogP contribution in [0.2, 0.25) is 0 Å². The van der Waals surface area contributed by atoms with Crippen molar-refractivity contribution in [2.75, 3.05) is 18.1 Å². The molecule has 1 radical (unpaired) electrons. The summed E-state index contributed by atoms with van der Waals surface area (Å²) in [6, 6.07) is 2.93. The molecule has 1 N–H and O–H groups in total. The number of hydrogen-bond acceptors (Lipinski definition) is 1. The topological polar surface area (TPSA) is 29.1 Å². The fourth-order valence-electron chi connectivity index (χ4n) is 3.16. The number of carbonyl (C=O) groups excluding carboxylic acids is 1. The molecule has 1 fully saturated rings. The number of amides is 1. The van der Waals surface area contributed by atoms with Gasteiger partial charge in [-0.15, -0.1) is 7.26 Å². The van der Waals surface area contributed by atoms with E-state index in [1.807, 2.05) is 13.8 Å². The van der Waals surface area contributed by atoms with Crippen LogP contribution in [0, 0.1) is 26.3 Å². The van der Waals surface area contributed by atoms with E-state index in [1.54, 1.807) is 0 Å². The third kappa shape index (κ3) is 3.47. The number of hydrogen-bond donors (Lipinski definition) is 1. The molecule has 0 spiro atoms. The van der Waals surface area contributed by atoms with Gasteiger partial charge in [-0.1, -0.05) is 0 Å². The molecule has 1 amide bonds. The van der Waals surface area contributed by atoms with Crippen LogP contribution >= 0.6 is 7.26 Å². The Kier molecular flexibility index (Phi) is 6.76. The molecule has 2 rings (SSSR count). The molecule has 22 heavy (non-hydrogen) atoms. The molecule has 5 heteroatoms. The third-order valence-corrected chi connectivity index (χ3v) is 9.18. The van der Waals surface area contributed by atoms with Crippen LogP contribution in [0.25, 0.3) is 0 Å². The van der Waals surface area contributed by atoms with Crippen molar-refractivity contribution in [3.8, 4) is 0 Å². The summed E-state index contributed by atoms with van der Waals surface area (Å²) < 4.78 is 13.4. The second-order valence-corrected chi connectivity index (χ2v) is 10.7. The molecular formula is C17H25FNOPY. The van der Waals surface area contributed by atoms with Gasteiger partial charge in [0.05, 0.1) is 0 Å². The van der Waals surface area contributed by atoms with Gasteiger partial charge in [0.25, 0.3) is 5.91 Å². The molecule has 1 atom stereocenters. The van der Waals surface area contributed by atoms with Crippen molar-refractivity contribution in [2.45, 2.75) is 45.2 Å². The maximum Gasteiger partial charge on any atom is 0.265 e. The quantitative estimate of drug-likeness (QED) is 0.575. The summed E-state index contributed by atoms with van der Waals surface area (Å²) in [6.45, 7) is 12.4. The van der Waals surface area contributed by atoms with Crippen LogP contribution in [0.15, 0.2) is 12.1 Å². The van der Waals surface area contributed by atoms with Crippen molar-refractivity contribution in [1.82, 2.24) is 0 Å². The van der Waals surface area contributed by atoms with Gasteiger partial charge in [0.15, 0.2) is 0 Å². The van der Waals surface area contributed by atoms with Gasteiger partial charge in [0, 0.05) is 51.2 Å². The van der Waals surface area contributed by atoms with Crippen LogP contribution < -0.4 is 5.32 Å². The number of anilines is 1. The van der Waals surface area contributed by atoms with Crippen LogP contribution in [0.1, 0.15) is 37.3 Å². The van der Waals surface area contributed by atoms with E-state index in [0.717, 1.165) is 42.2 Å². The predicted molar refractivity (Wildman–Crippen MR) is 89.8 cm³/mol. The maximum absolute atomic E-state index is 13.4. The number of nitrogens with one attached hydrogen (secondary N) is 1. The fraction of sp³-hybridized carbons (Fsp3) is 0.529. The number of rotatable bonds is 4. The van der Waals surface area contributed by atoms with Crippen molar-refractivity contribution in [2.24, 2.45) is 0 Å². The Morgan fingerprint density at radius 1 is 1.36 bits per heavy atom. The third-order valence-electron chi connectivity index (χ3n) is 5.07. The number of carbonyl (C=O) groups is 1. The first kappa shape index (κ1) is 20.2. The van der Waals surface area contributed by atoms with Crippen LogP contribution in [-0.2, 0) is 37.5 Å². The fourth-order valence-corrected chi connectivity index (χ4v) is 5.71. The Morgan fingerprint density at radius 2 is 1.86 bits per heavy atom. The van der Waals surface area contributed by atoms with Crippen molar-refractivity contribution >= 4 is 18.9 Å². The van der Waals surface area contributed by atoms with Crippen LogP contribution in [-0.4, -0.2) is 23.9 Å². The van der Waals surface area contributed by atoms with Crippen molar-refractivity contribution in [1.29, 1.82) is 0 Å². The van der Waals surface area contributed by atoms with Crippen LogP contribution in [0.3, 0.4) is 0 Å². The normalized spacial score (nSPS) is 18.6. The molecule has 0 heterocycles. The number of benzene rings is 1. The minimum absolute atomic E-state index is 0. The SMILES string of the molecule is [CH2-][P+](C)(CC)C1(C(=O)Nc2c(C)cc(F)cc2C)CCC1.[Y]. The summed E-state index contributed by atoms with van der Waals surface area (Å²) in [5.41, 5.74) is 2.30. The van der Waals surface area contributed by atoms with Crippen LogP contribution in [0.5, 0.6) is 0 Å². The van der Waals surface area contributed by atoms with Crippen molar-refractivity contribution in [3.05, 3.63) is 35.7 Å². The van der Waals surface area contributed by atoms with Gasteiger partial charge in [-0.3, -0.25) is 4.79 Å². The second kappa shape index (κ2) is 7.37. The molecule has 0 saturated heterocycles. The van der Waals surface area contributed by atoms with Crippen molar-refractivity contribution < 1.29 is 41.9 Å². The minimum atomic E-state index is -1.53. The zero-order valence-electron chi connectivity index (χ0n) is 14.0. The Hall–Kier alpha value is 0.154. The largest absolute Gasteiger partial charge is 0.322 e. The monoisotopic (exact) mass is 398 g/mol. The summed E-state index contributed by atoms with van der Waals surface area (Å²) in [4.78, 5) is 12.9. The molecule has 1 aromatic carbocycles. The van der Waals surface area contributed by atoms with E-state index in [1.165, 1.54) is 12.1 Å². The van der Waals surface area contributed by atoms with Gasteiger partial charge >= 0.3 is 0 Å². The Bertz CT molecular complexity index is 547. The molecule has 2 nitrogen and oxygen atoms in total. The predicted octanol–water partition coefficient (Wildman–Crippen LogP) is 4.76. The molecule has 0 aliphatic heterocycles. The van der Waals surface area contributed by atoms with Crippen molar-refractivity contribution in [3.63, 3.8) is 0 Å². The van der Waals surface area contributed by atoms with E-state index >= 15 is 0 Å². The average Bonchev–Trinajstić information content (AvgIpc) is 2.31. The molecule has 1 aliphatic carbocycles. The first-order chi connectivity index (χ1) is 9.73. The summed E-state index contributed by atoms with van der Waals surface area (Å²) >= 11 is 0. The number of halogens is 1. The molecule has 0 bridgehead atoms. The van der Waals surface area contributed by atoms with E-state index in [-0.39, 0.29) is 49.6 Å². The van der Waals surface area contributed by atoms with Gasteiger partial charge in [-0.05, 0) is 63.3 Å². The first-order valence-corrected chi connectivity index (χ1v) is 10.1. The average molecular weight is 398 g/mol. The molecule has 1 aliphatic rings. The van der Waals surface area contributed by atoms with Gasteiger partial charge < -0.3 is 5.32 Å². The second-order valence-electron chi connectivity index (χ2n) is 6.47. The molecule has 1 unspecified atom stereocenters. The summed E-state index contributed by atoms with van der Waals surface area (Å²) in [7, 11) is -1.53. The van der Waals surface area contributed by atoms with E-state index in [0.29, 0.717) is 0 Å². The zero-order valence-corrected chi connectivity index (χ0v) is 17.7. The van der Waals surface area contributed by atoms with E-state index in [2.05, 4.69) is 25.6 Å². The van der Waals surface area contributed by atoms with E-state index in [9.17, 15) is 9.18 Å². The summed E-state index contributed by atoms with van der Waals surface area (Å²) in [5.74, 6) is -0.177.